The molecule has 9 nitrogen and oxygen atoms in total. The number of nitrogens with one attached hydrogen (secondary N) is 2. The van der Waals surface area contributed by atoms with Crippen molar-refractivity contribution in [2.75, 3.05) is 65.0 Å². The highest BCUT2D eigenvalue weighted by atomic mass is 32.2. The number of rotatable bonds is 11. The highest BCUT2D eigenvalue weighted by molar-refractivity contribution is 7.93. The number of morpholine rings is 1. The number of ether oxygens (including phenoxy) is 2. The van der Waals surface area contributed by atoms with Crippen LogP contribution in [0.3, 0.4) is 0 Å². The van der Waals surface area contributed by atoms with E-state index in [0.717, 1.165) is 67.1 Å². The smallest absolute Gasteiger partial charge is 0.251 e. The van der Waals surface area contributed by atoms with Crippen LogP contribution in [0.5, 0.6) is 0 Å². The summed E-state index contributed by atoms with van der Waals surface area (Å²) in [6, 6.07) is 18.3. The van der Waals surface area contributed by atoms with Crippen molar-refractivity contribution in [2.24, 2.45) is 7.05 Å². The quantitative estimate of drug-likeness (QED) is 0.285. The number of sulfonamides is 1. The van der Waals surface area contributed by atoms with E-state index in [1.165, 1.54) is 7.11 Å². The molecule has 0 unspecified atom stereocenters. The summed E-state index contributed by atoms with van der Waals surface area (Å²) in [5, 5.41) is 15.4. The number of benzene rings is 2. The van der Waals surface area contributed by atoms with Crippen molar-refractivity contribution in [3.63, 3.8) is 0 Å². The fourth-order valence-corrected chi connectivity index (χ4v) is 5.81. The third-order valence-electron chi connectivity index (χ3n) is 6.81. The van der Waals surface area contributed by atoms with Gasteiger partial charge < -0.3 is 19.4 Å². The van der Waals surface area contributed by atoms with Crippen LogP contribution in [0.25, 0.3) is 27.6 Å². The third kappa shape index (κ3) is 6.43. The molecule has 0 atom stereocenters. The standard InChI is InChI=1S/C28H35N5O4S/c1-21(28(20-29)38(34,35)31-11-15-36-3)26-8-9-27(32(26)2)24-5-4-23-19-25(7-6-22(23)18-24)30-10-12-33-13-16-37-17-14-33/h4-9,18-19,30-31H,10-17H2,1-3H3/b28-21+. The molecule has 1 aliphatic rings. The van der Waals surface area contributed by atoms with Gasteiger partial charge in [0.25, 0.3) is 10.0 Å². The van der Waals surface area contributed by atoms with E-state index in [2.05, 4.69) is 51.3 Å². The Labute approximate surface area is 224 Å². The van der Waals surface area contributed by atoms with Gasteiger partial charge in [0.15, 0.2) is 4.91 Å². The number of nitriles is 1. The van der Waals surface area contributed by atoms with Gasteiger partial charge in [-0.05, 0) is 53.6 Å². The lowest BCUT2D eigenvalue weighted by atomic mass is 10.0. The fraction of sp³-hybridized carbons (Fsp3) is 0.393. The van der Waals surface area contributed by atoms with Gasteiger partial charge in [0, 0.05) is 69.5 Å². The van der Waals surface area contributed by atoms with Crippen molar-refractivity contribution in [3.8, 4) is 17.3 Å². The SMILES string of the molecule is COCCNS(=O)(=O)/C(C#N)=C(\C)c1ccc(-c2ccc3cc(NCCN4CCOCC4)ccc3c2)n1C. The number of hydrogen-bond donors (Lipinski definition) is 2. The lowest BCUT2D eigenvalue weighted by Crippen LogP contribution is -2.38. The Bertz CT molecular complexity index is 1450. The van der Waals surface area contributed by atoms with Crippen LogP contribution in [0.15, 0.2) is 53.4 Å². The van der Waals surface area contributed by atoms with Crippen molar-refractivity contribution >= 4 is 32.1 Å². The number of aromatic nitrogens is 1. The monoisotopic (exact) mass is 537 g/mol. The summed E-state index contributed by atoms with van der Waals surface area (Å²) in [5.41, 5.74) is 4.07. The van der Waals surface area contributed by atoms with Gasteiger partial charge in [-0.25, -0.2) is 13.1 Å². The van der Waals surface area contributed by atoms with Crippen molar-refractivity contribution in [1.82, 2.24) is 14.2 Å². The lowest BCUT2D eigenvalue weighted by molar-refractivity contribution is 0.0398. The van der Waals surface area contributed by atoms with E-state index < -0.39 is 10.0 Å². The fourth-order valence-electron chi connectivity index (χ4n) is 4.69. The maximum absolute atomic E-state index is 12.7. The summed E-state index contributed by atoms with van der Waals surface area (Å²) in [6.07, 6.45) is 0. The van der Waals surface area contributed by atoms with Gasteiger partial charge in [0.2, 0.25) is 0 Å². The highest BCUT2D eigenvalue weighted by Crippen LogP contribution is 2.30. The van der Waals surface area contributed by atoms with E-state index in [1.807, 2.05) is 29.8 Å². The molecular weight excluding hydrogens is 502 g/mol. The molecule has 0 spiro atoms. The van der Waals surface area contributed by atoms with Crippen molar-refractivity contribution < 1.29 is 17.9 Å². The van der Waals surface area contributed by atoms with Crippen LogP contribution in [-0.4, -0.2) is 77.5 Å². The van der Waals surface area contributed by atoms with E-state index in [4.69, 9.17) is 9.47 Å². The first-order valence-corrected chi connectivity index (χ1v) is 14.2. The third-order valence-corrected chi connectivity index (χ3v) is 8.33. The van der Waals surface area contributed by atoms with Crippen LogP contribution in [-0.2, 0) is 26.5 Å². The predicted molar refractivity (Wildman–Crippen MR) is 151 cm³/mol. The average Bonchev–Trinajstić information content (AvgIpc) is 3.30. The van der Waals surface area contributed by atoms with Crippen LogP contribution < -0.4 is 10.0 Å². The molecule has 1 fully saturated rings. The molecule has 1 saturated heterocycles. The van der Waals surface area contributed by atoms with Crippen molar-refractivity contribution in [3.05, 3.63) is 59.1 Å². The van der Waals surface area contributed by atoms with Crippen LogP contribution in [0.2, 0.25) is 0 Å². The molecule has 38 heavy (non-hydrogen) atoms. The zero-order chi connectivity index (χ0) is 27.1. The molecule has 4 rings (SSSR count). The van der Waals surface area contributed by atoms with Gasteiger partial charge in [0.05, 0.1) is 19.8 Å². The van der Waals surface area contributed by atoms with Gasteiger partial charge >= 0.3 is 0 Å². The number of fused-ring (bicyclic) bond motifs is 1. The van der Waals surface area contributed by atoms with Gasteiger partial charge in [-0.15, -0.1) is 0 Å². The number of hydrogen-bond acceptors (Lipinski definition) is 7. The Hall–Kier alpha value is -3.20. The van der Waals surface area contributed by atoms with Crippen molar-refractivity contribution in [2.45, 2.75) is 6.92 Å². The Kier molecular flexibility index (Phi) is 9.20. The number of methoxy groups -OCH3 is 1. The van der Waals surface area contributed by atoms with E-state index in [9.17, 15) is 13.7 Å². The Morgan fingerprint density at radius 3 is 2.55 bits per heavy atom. The molecule has 0 bridgehead atoms. The first-order chi connectivity index (χ1) is 18.3. The lowest BCUT2D eigenvalue weighted by Gasteiger charge is -2.26. The number of nitrogens with zero attached hydrogens (tertiary/aromatic N) is 3. The predicted octanol–water partition coefficient (Wildman–Crippen LogP) is 3.41. The summed E-state index contributed by atoms with van der Waals surface area (Å²) in [4.78, 5) is 2.11. The molecule has 2 aromatic carbocycles. The van der Waals surface area contributed by atoms with Crippen LogP contribution in [0.4, 0.5) is 5.69 Å². The normalized spacial score (nSPS) is 15.3. The number of allylic oxidation sites excluding steroid dienone is 2. The maximum Gasteiger partial charge on any atom is 0.251 e. The average molecular weight is 538 g/mol. The minimum atomic E-state index is -3.95. The molecule has 10 heteroatoms. The molecule has 0 aliphatic carbocycles. The first-order valence-electron chi connectivity index (χ1n) is 12.7. The van der Waals surface area contributed by atoms with E-state index in [0.29, 0.717) is 11.3 Å². The van der Waals surface area contributed by atoms with Gasteiger partial charge in [0.1, 0.15) is 6.07 Å². The Balaban J connectivity index is 1.52. The topological polar surface area (TPSA) is 109 Å². The molecule has 3 aromatic rings. The molecule has 0 amide bonds. The summed E-state index contributed by atoms with van der Waals surface area (Å²) >= 11 is 0. The van der Waals surface area contributed by atoms with Gasteiger partial charge in [-0.2, -0.15) is 5.26 Å². The molecule has 202 valence electrons. The summed E-state index contributed by atoms with van der Waals surface area (Å²) in [5.74, 6) is 0. The highest BCUT2D eigenvalue weighted by Gasteiger charge is 2.22. The van der Waals surface area contributed by atoms with E-state index >= 15 is 0 Å². The van der Waals surface area contributed by atoms with E-state index in [-0.39, 0.29) is 18.1 Å². The zero-order valence-corrected chi connectivity index (χ0v) is 23.0. The van der Waals surface area contributed by atoms with E-state index in [1.54, 1.807) is 6.92 Å². The molecule has 2 N–H and O–H groups in total. The van der Waals surface area contributed by atoms with Gasteiger partial charge in [-0.3, -0.25) is 4.90 Å². The molecule has 1 aliphatic heterocycles. The molecule has 0 radical (unpaired) electrons. The largest absolute Gasteiger partial charge is 0.384 e. The second-order valence-electron chi connectivity index (χ2n) is 9.28. The van der Waals surface area contributed by atoms with Crippen LogP contribution in [0.1, 0.15) is 12.6 Å². The molecule has 1 aromatic heterocycles. The molecule has 2 heterocycles. The molecule has 0 saturated carbocycles. The molecular formula is C28H35N5O4S. The van der Waals surface area contributed by atoms with Crippen molar-refractivity contribution in [1.29, 1.82) is 5.26 Å². The van der Waals surface area contributed by atoms with Gasteiger partial charge in [-0.1, -0.05) is 18.2 Å². The Morgan fingerprint density at radius 2 is 1.82 bits per heavy atom. The maximum atomic E-state index is 12.7. The second-order valence-corrected chi connectivity index (χ2v) is 11.0. The number of anilines is 1. The first kappa shape index (κ1) is 27.8. The summed E-state index contributed by atoms with van der Waals surface area (Å²) in [6.45, 7) is 7.42. The summed E-state index contributed by atoms with van der Waals surface area (Å²) < 4.78 is 40.0. The van der Waals surface area contributed by atoms with Crippen LogP contribution >= 0.6 is 0 Å². The Morgan fingerprint density at radius 1 is 1.08 bits per heavy atom. The minimum absolute atomic E-state index is 0.0951. The van der Waals surface area contributed by atoms with Crippen LogP contribution in [0, 0.1) is 11.3 Å². The second kappa shape index (κ2) is 12.6. The zero-order valence-electron chi connectivity index (χ0n) is 22.2. The minimum Gasteiger partial charge on any atom is -0.384 e. The summed E-state index contributed by atoms with van der Waals surface area (Å²) in [7, 11) is -0.586.